The molecule has 0 fully saturated rings. The summed E-state index contributed by atoms with van der Waals surface area (Å²) in [7, 11) is 0. The van der Waals surface area contributed by atoms with E-state index in [0.717, 1.165) is 30.9 Å². The fourth-order valence-corrected chi connectivity index (χ4v) is 1.72. The molecule has 0 aliphatic rings. The molecule has 3 N–H and O–H groups in total. The second-order valence-corrected chi connectivity index (χ2v) is 4.94. The third kappa shape index (κ3) is 8.81. The molecule has 0 radical (unpaired) electrons. The molecule has 0 amide bonds. The van der Waals surface area contributed by atoms with E-state index >= 15 is 0 Å². The van der Waals surface area contributed by atoms with E-state index in [4.69, 9.17) is 5.11 Å². The number of aliphatic hydroxyl groups is 2. The number of nitrogens with one attached hydrogen (secondary N) is 1. The lowest BCUT2D eigenvalue weighted by molar-refractivity contribution is 0.0565. The van der Waals surface area contributed by atoms with Crippen molar-refractivity contribution in [3.63, 3.8) is 0 Å². The van der Waals surface area contributed by atoms with Gasteiger partial charge in [-0.2, -0.15) is 11.8 Å². The summed E-state index contributed by atoms with van der Waals surface area (Å²) in [5.41, 5.74) is -0.574. The van der Waals surface area contributed by atoms with Crippen LogP contribution in [0.25, 0.3) is 0 Å². The van der Waals surface area contributed by atoms with E-state index in [1.165, 1.54) is 0 Å². The van der Waals surface area contributed by atoms with Gasteiger partial charge in [-0.05, 0) is 25.5 Å². The first-order chi connectivity index (χ1) is 6.62. The van der Waals surface area contributed by atoms with Gasteiger partial charge in [0.15, 0.2) is 0 Å². The van der Waals surface area contributed by atoms with Gasteiger partial charge in [0.1, 0.15) is 0 Å². The van der Waals surface area contributed by atoms with Crippen LogP contribution in [0, 0.1) is 0 Å². The third-order valence-electron chi connectivity index (χ3n) is 2.14. The van der Waals surface area contributed by atoms with Gasteiger partial charge in [0.2, 0.25) is 0 Å². The summed E-state index contributed by atoms with van der Waals surface area (Å²) in [6.45, 7) is 5.69. The molecule has 4 heteroatoms. The summed E-state index contributed by atoms with van der Waals surface area (Å²) in [6.07, 6.45) is 1.65. The van der Waals surface area contributed by atoms with E-state index < -0.39 is 5.60 Å². The zero-order chi connectivity index (χ0) is 10.9. The van der Waals surface area contributed by atoms with Gasteiger partial charge in [0.05, 0.1) is 5.60 Å². The van der Waals surface area contributed by atoms with Crippen LogP contribution >= 0.6 is 11.8 Å². The lowest BCUT2D eigenvalue weighted by Gasteiger charge is -2.21. The van der Waals surface area contributed by atoms with Crippen molar-refractivity contribution in [1.82, 2.24) is 5.32 Å². The summed E-state index contributed by atoms with van der Waals surface area (Å²) in [5, 5.41) is 21.4. The Morgan fingerprint density at radius 2 is 2.07 bits per heavy atom. The summed E-state index contributed by atoms with van der Waals surface area (Å²) < 4.78 is 0. The number of aliphatic hydroxyl groups excluding tert-OH is 1. The number of thioether (sulfide) groups is 1. The molecule has 0 aromatic heterocycles. The Hall–Kier alpha value is 0.230. The van der Waals surface area contributed by atoms with E-state index in [-0.39, 0.29) is 6.61 Å². The van der Waals surface area contributed by atoms with Crippen molar-refractivity contribution in [3.8, 4) is 0 Å². The van der Waals surface area contributed by atoms with Crippen molar-refractivity contribution in [2.24, 2.45) is 0 Å². The quantitative estimate of drug-likeness (QED) is 0.505. The molecule has 0 aliphatic carbocycles. The van der Waals surface area contributed by atoms with Crippen molar-refractivity contribution in [1.29, 1.82) is 0 Å². The first-order valence-corrected chi connectivity index (χ1v) is 6.39. The molecule has 86 valence electrons. The molecule has 0 heterocycles. The molecule has 1 atom stereocenters. The van der Waals surface area contributed by atoms with E-state index in [0.29, 0.717) is 6.54 Å². The molecule has 0 saturated carbocycles. The van der Waals surface area contributed by atoms with Crippen molar-refractivity contribution in [3.05, 3.63) is 0 Å². The largest absolute Gasteiger partial charge is 0.396 e. The highest BCUT2D eigenvalue weighted by Gasteiger charge is 2.15. The van der Waals surface area contributed by atoms with Crippen LogP contribution in [0.4, 0.5) is 0 Å². The first kappa shape index (κ1) is 14.2. The zero-order valence-corrected chi connectivity index (χ0v) is 10.1. The van der Waals surface area contributed by atoms with Crippen molar-refractivity contribution in [2.45, 2.75) is 32.3 Å². The highest BCUT2D eigenvalue weighted by atomic mass is 32.2. The Balaban J connectivity index is 3.13. The monoisotopic (exact) mass is 221 g/mol. The molecule has 0 bridgehead atoms. The predicted molar refractivity (Wildman–Crippen MR) is 62.8 cm³/mol. The summed E-state index contributed by atoms with van der Waals surface area (Å²) in [6, 6.07) is 0. The van der Waals surface area contributed by atoms with E-state index in [2.05, 4.69) is 5.32 Å². The molecule has 3 nitrogen and oxygen atoms in total. The Kier molecular flexibility index (Phi) is 8.67. The standard InChI is InChI=1S/C10H23NO2S/c1-3-10(2,13)9-11-5-8-14-7-4-6-12/h11-13H,3-9H2,1-2H3. The SMILES string of the molecule is CCC(C)(O)CNCCSCCCO. The molecule has 1 unspecified atom stereocenters. The fourth-order valence-electron chi connectivity index (χ4n) is 0.896. The van der Waals surface area contributed by atoms with Crippen LogP contribution in [-0.4, -0.2) is 47.0 Å². The average Bonchev–Trinajstić information content (AvgIpc) is 2.16. The highest BCUT2D eigenvalue weighted by molar-refractivity contribution is 7.99. The Labute approximate surface area is 91.3 Å². The van der Waals surface area contributed by atoms with Gasteiger partial charge < -0.3 is 15.5 Å². The highest BCUT2D eigenvalue weighted by Crippen LogP contribution is 2.06. The lowest BCUT2D eigenvalue weighted by atomic mass is 10.0. The van der Waals surface area contributed by atoms with Gasteiger partial charge in [-0.15, -0.1) is 0 Å². The van der Waals surface area contributed by atoms with Gasteiger partial charge >= 0.3 is 0 Å². The lowest BCUT2D eigenvalue weighted by Crippen LogP contribution is -2.37. The smallest absolute Gasteiger partial charge is 0.0740 e. The third-order valence-corrected chi connectivity index (χ3v) is 3.21. The maximum atomic E-state index is 9.66. The maximum absolute atomic E-state index is 9.66. The molecule has 14 heavy (non-hydrogen) atoms. The molecule has 0 aromatic carbocycles. The van der Waals surface area contributed by atoms with Gasteiger partial charge in [-0.3, -0.25) is 0 Å². The molecular formula is C10H23NO2S. The van der Waals surface area contributed by atoms with Crippen LogP contribution in [0.15, 0.2) is 0 Å². The van der Waals surface area contributed by atoms with Crippen LogP contribution in [0.3, 0.4) is 0 Å². The Bertz CT molecular complexity index is 131. The van der Waals surface area contributed by atoms with Gasteiger partial charge in [0, 0.05) is 25.4 Å². The second-order valence-electron chi connectivity index (χ2n) is 3.72. The van der Waals surface area contributed by atoms with Gasteiger partial charge in [-0.1, -0.05) is 6.92 Å². The predicted octanol–water partition coefficient (Wildman–Crippen LogP) is 0.853. The van der Waals surface area contributed by atoms with E-state index in [1.54, 1.807) is 0 Å². The molecule has 0 aliphatic heterocycles. The van der Waals surface area contributed by atoms with Crippen LogP contribution in [0.2, 0.25) is 0 Å². The molecule has 0 rings (SSSR count). The second kappa shape index (κ2) is 8.53. The number of hydrogen-bond donors (Lipinski definition) is 3. The molecule has 0 aromatic rings. The zero-order valence-electron chi connectivity index (χ0n) is 9.25. The minimum Gasteiger partial charge on any atom is -0.396 e. The number of rotatable bonds is 9. The minimum absolute atomic E-state index is 0.283. The van der Waals surface area contributed by atoms with Crippen molar-refractivity contribution >= 4 is 11.8 Å². The van der Waals surface area contributed by atoms with Crippen molar-refractivity contribution < 1.29 is 10.2 Å². The summed E-state index contributed by atoms with van der Waals surface area (Å²) >= 11 is 1.83. The van der Waals surface area contributed by atoms with E-state index in [1.807, 2.05) is 25.6 Å². The average molecular weight is 221 g/mol. The van der Waals surface area contributed by atoms with Gasteiger partial charge in [-0.25, -0.2) is 0 Å². The normalized spacial score (nSPS) is 15.4. The van der Waals surface area contributed by atoms with Crippen LogP contribution in [0.1, 0.15) is 26.7 Å². The summed E-state index contributed by atoms with van der Waals surface area (Å²) in [4.78, 5) is 0. The molecular weight excluding hydrogens is 198 g/mol. The maximum Gasteiger partial charge on any atom is 0.0740 e. The van der Waals surface area contributed by atoms with Crippen LogP contribution in [-0.2, 0) is 0 Å². The minimum atomic E-state index is -0.574. The molecule has 0 saturated heterocycles. The fraction of sp³-hybridized carbons (Fsp3) is 1.00. The Morgan fingerprint density at radius 3 is 2.64 bits per heavy atom. The van der Waals surface area contributed by atoms with Crippen LogP contribution in [0.5, 0.6) is 0 Å². The molecule has 0 spiro atoms. The summed E-state index contributed by atoms with van der Waals surface area (Å²) in [5.74, 6) is 2.06. The van der Waals surface area contributed by atoms with Gasteiger partial charge in [0.25, 0.3) is 0 Å². The van der Waals surface area contributed by atoms with Crippen LogP contribution < -0.4 is 5.32 Å². The first-order valence-electron chi connectivity index (χ1n) is 5.24. The Morgan fingerprint density at radius 1 is 1.36 bits per heavy atom. The van der Waals surface area contributed by atoms with E-state index in [9.17, 15) is 5.11 Å². The number of hydrogen-bond acceptors (Lipinski definition) is 4. The van der Waals surface area contributed by atoms with Crippen molar-refractivity contribution in [2.75, 3.05) is 31.2 Å². The topological polar surface area (TPSA) is 52.5 Å².